The number of hydrogen-bond donors (Lipinski definition) is 2. The van der Waals surface area contributed by atoms with Crippen molar-refractivity contribution >= 4 is 0 Å². The lowest BCUT2D eigenvalue weighted by atomic mass is 9.43. The van der Waals surface area contributed by atoms with Crippen molar-refractivity contribution < 1.29 is 23.4 Å². The van der Waals surface area contributed by atoms with Gasteiger partial charge in [0.15, 0.2) is 0 Å². The van der Waals surface area contributed by atoms with Gasteiger partial charge in [0, 0.05) is 0 Å². The standard InChI is InChI=1S/C26H43F3O2/c1-16(5-10-22(30)26(27,28)29)19-8-9-20-18-7-6-17-15-23(2,31)13-14-24(17,3)21(18)11-12-25(19,20)4/h16-22,30-31H,5-15H2,1-4H3/t16?,17-,18-,19?,20-,21-,22?,23-,24-,25+/m0/s1. The maximum atomic E-state index is 12.8. The van der Waals surface area contributed by atoms with Crippen molar-refractivity contribution in [2.75, 3.05) is 0 Å². The summed E-state index contributed by atoms with van der Waals surface area (Å²) in [5, 5.41) is 20.1. The predicted molar refractivity (Wildman–Crippen MR) is 116 cm³/mol. The fraction of sp³-hybridized carbons (Fsp3) is 1.00. The molecule has 31 heavy (non-hydrogen) atoms. The van der Waals surface area contributed by atoms with E-state index < -0.39 is 17.9 Å². The summed E-state index contributed by atoms with van der Waals surface area (Å²) >= 11 is 0. The van der Waals surface area contributed by atoms with Crippen molar-refractivity contribution in [3.63, 3.8) is 0 Å². The highest BCUT2D eigenvalue weighted by atomic mass is 19.4. The smallest absolute Gasteiger partial charge is 0.390 e. The zero-order valence-electron chi connectivity index (χ0n) is 19.8. The molecule has 0 heterocycles. The molecule has 3 unspecified atom stereocenters. The van der Waals surface area contributed by atoms with Crippen molar-refractivity contribution in [2.24, 2.45) is 46.3 Å². The summed E-state index contributed by atoms with van der Waals surface area (Å²) in [5.74, 6) is 3.48. The second-order valence-corrected chi connectivity index (χ2v) is 12.7. The summed E-state index contributed by atoms with van der Waals surface area (Å²) in [7, 11) is 0. The maximum absolute atomic E-state index is 12.8. The Kier molecular flexibility index (Phi) is 6.07. The Morgan fingerprint density at radius 1 is 0.871 bits per heavy atom. The minimum atomic E-state index is -4.50. The Bertz CT molecular complexity index is 662. The Morgan fingerprint density at radius 2 is 1.55 bits per heavy atom. The van der Waals surface area contributed by atoms with Gasteiger partial charge in [-0.1, -0.05) is 20.8 Å². The van der Waals surface area contributed by atoms with Crippen LogP contribution in [0.4, 0.5) is 13.2 Å². The monoisotopic (exact) mass is 444 g/mol. The summed E-state index contributed by atoms with van der Waals surface area (Å²) in [6.07, 6.45) is 3.82. The quantitative estimate of drug-likeness (QED) is 0.504. The lowest BCUT2D eigenvalue weighted by Gasteiger charge is -2.62. The molecule has 2 N–H and O–H groups in total. The molecule has 0 aromatic heterocycles. The highest BCUT2D eigenvalue weighted by molar-refractivity contribution is 5.10. The first kappa shape index (κ1) is 23.9. The number of alkyl halides is 3. The summed E-state index contributed by atoms with van der Waals surface area (Å²) in [6.45, 7) is 9.06. The van der Waals surface area contributed by atoms with E-state index in [-0.39, 0.29) is 17.8 Å². The third-order valence-electron chi connectivity index (χ3n) is 11.0. The van der Waals surface area contributed by atoms with Crippen LogP contribution in [0, 0.1) is 46.3 Å². The predicted octanol–water partition coefficient (Wildman–Crippen LogP) is 6.74. The summed E-state index contributed by atoms with van der Waals surface area (Å²) in [6, 6.07) is 0. The number of aliphatic hydroxyl groups excluding tert-OH is 1. The van der Waals surface area contributed by atoms with Crippen LogP contribution in [-0.4, -0.2) is 28.1 Å². The van der Waals surface area contributed by atoms with Crippen LogP contribution >= 0.6 is 0 Å². The fourth-order valence-electron chi connectivity index (χ4n) is 9.19. The molecule has 4 aliphatic carbocycles. The van der Waals surface area contributed by atoms with E-state index in [0.29, 0.717) is 29.6 Å². The van der Waals surface area contributed by atoms with E-state index in [0.717, 1.165) is 37.5 Å². The zero-order chi connectivity index (χ0) is 22.8. The van der Waals surface area contributed by atoms with Crippen LogP contribution in [0.25, 0.3) is 0 Å². The molecule has 0 spiro atoms. The Hall–Kier alpha value is -0.290. The van der Waals surface area contributed by atoms with E-state index in [9.17, 15) is 23.4 Å². The van der Waals surface area contributed by atoms with Crippen molar-refractivity contribution in [3.8, 4) is 0 Å². The molecule has 2 nitrogen and oxygen atoms in total. The normalized spacial score (nSPS) is 49.6. The molecule has 0 bridgehead atoms. The van der Waals surface area contributed by atoms with Crippen molar-refractivity contribution in [1.29, 1.82) is 0 Å². The first-order chi connectivity index (χ1) is 14.3. The van der Waals surface area contributed by atoms with Crippen LogP contribution in [0.15, 0.2) is 0 Å². The summed E-state index contributed by atoms with van der Waals surface area (Å²) < 4.78 is 38.3. The molecule has 10 atom stereocenters. The molecule has 4 saturated carbocycles. The SMILES string of the molecule is CC(CCC(O)C(F)(F)F)C1CC[C@H]2[C@@H]3CC[C@H]4C[C@@](C)(O)CC[C@]4(C)[C@H]3CC[C@]12C. The van der Waals surface area contributed by atoms with E-state index in [2.05, 4.69) is 20.8 Å². The van der Waals surface area contributed by atoms with E-state index >= 15 is 0 Å². The van der Waals surface area contributed by atoms with Gasteiger partial charge in [0.2, 0.25) is 0 Å². The molecule has 0 aromatic carbocycles. The van der Waals surface area contributed by atoms with Crippen molar-refractivity contribution in [3.05, 3.63) is 0 Å². The summed E-state index contributed by atoms with van der Waals surface area (Å²) in [5.41, 5.74) is 0.0647. The van der Waals surface area contributed by atoms with Gasteiger partial charge in [-0.3, -0.25) is 0 Å². The Morgan fingerprint density at radius 3 is 2.23 bits per heavy atom. The van der Waals surface area contributed by atoms with Gasteiger partial charge in [0.25, 0.3) is 0 Å². The Labute approximate surface area is 186 Å². The van der Waals surface area contributed by atoms with Crippen molar-refractivity contribution in [2.45, 2.75) is 116 Å². The summed E-state index contributed by atoms with van der Waals surface area (Å²) in [4.78, 5) is 0. The van der Waals surface area contributed by atoms with Gasteiger partial charge in [0.1, 0.15) is 6.10 Å². The molecular formula is C26H43F3O2. The largest absolute Gasteiger partial charge is 0.414 e. The number of fused-ring (bicyclic) bond motifs is 5. The minimum Gasteiger partial charge on any atom is -0.390 e. The molecule has 4 fully saturated rings. The molecular weight excluding hydrogens is 401 g/mol. The molecule has 0 aliphatic heterocycles. The van der Waals surface area contributed by atoms with Gasteiger partial charge in [-0.2, -0.15) is 13.2 Å². The van der Waals surface area contributed by atoms with Gasteiger partial charge in [-0.15, -0.1) is 0 Å². The number of aliphatic hydroxyl groups is 2. The molecule has 180 valence electrons. The first-order valence-corrected chi connectivity index (χ1v) is 12.7. The topological polar surface area (TPSA) is 40.5 Å². The molecule has 0 radical (unpaired) electrons. The highest BCUT2D eigenvalue weighted by Gasteiger charge is 2.61. The van der Waals surface area contributed by atoms with Crippen LogP contribution in [0.2, 0.25) is 0 Å². The van der Waals surface area contributed by atoms with E-state index in [4.69, 9.17) is 0 Å². The second-order valence-electron chi connectivity index (χ2n) is 12.7. The lowest BCUT2D eigenvalue weighted by molar-refractivity contribution is -0.206. The number of halogens is 3. The van der Waals surface area contributed by atoms with Crippen LogP contribution in [0.3, 0.4) is 0 Å². The van der Waals surface area contributed by atoms with Gasteiger partial charge >= 0.3 is 6.18 Å². The van der Waals surface area contributed by atoms with E-state index in [1.165, 1.54) is 32.1 Å². The minimum absolute atomic E-state index is 0.173. The molecule has 5 heteroatoms. The zero-order valence-corrected chi connectivity index (χ0v) is 19.8. The van der Waals surface area contributed by atoms with Crippen molar-refractivity contribution in [1.82, 2.24) is 0 Å². The molecule has 0 aromatic rings. The first-order valence-electron chi connectivity index (χ1n) is 12.7. The maximum Gasteiger partial charge on any atom is 0.414 e. The molecule has 0 amide bonds. The third-order valence-corrected chi connectivity index (χ3v) is 11.0. The van der Waals surface area contributed by atoms with Gasteiger partial charge in [0.05, 0.1) is 5.60 Å². The average Bonchev–Trinajstić information content (AvgIpc) is 3.02. The average molecular weight is 445 g/mol. The van der Waals surface area contributed by atoms with Gasteiger partial charge in [-0.05, 0) is 124 Å². The molecule has 4 rings (SSSR count). The fourth-order valence-corrected chi connectivity index (χ4v) is 9.19. The number of rotatable bonds is 4. The van der Waals surface area contributed by atoms with Crippen LogP contribution in [-0.2, 0) is 0 Å². The Balaban J connectivity index is 1.45. The highest BCUT2D eigenvalue weighted by Crippen LogP contribution is 2.68. The number of hydrogen-bond acceptors (Lipinski definition) is 2. The lowest BCUT2D eigenvalue weighted by Crippen LogP contribution is -2.55. The molecule has 4 aliphatic rings. The second kappa shape index (κ2) is 7.89. The molecule has 0 saturated heterocycles. The van der Waals surface area contributed by atoms with E-state index in [1.807, 2.05) is 6.92 Å². The van der Waals surface area contributed by atoms with Crippen LogP contribution in [0.5, 0.6) is 0 Å². The van der Waals surface area contributed by atoms with Crippen LogP contribution < -0.4 is 0 Å². The third kappa shape index (κ3) is 4.09. The van der Waals surface area contributed by atoms with Crippen LogP contribution in [0.1, 0.15) is 98.3 Å². The van der Waals surface area contributed by atoms with Gasteiger partial charge in [-0.25, -0.2) is 0 Å². The van der Waals surface area contributed by atoms with Gasteiger partial charge < -0.3 is 10.2 Å². The van der Waals surface area contributed by atoms with E-state index in [1.54, 1.807) is 0 Å².